The molecule has 6 rings (SSSR count). The van der Waals surface area contributed by atoms with E-state index in [9.17, 15) is 31.9 Å². The second-order valence-electron chi connectivity index (χ2n) is 13.2. The lowest BCUT2D eigenvalue weighted by Gasteiger charge is -2.39. The number of alkyl halides is 3. The Bertz CT molecular complexity index is 1900. The van der Waals surface area contributed by atoms with Crippen LogP contribution in [-0.4, -0.2) is 45.9 Å². The number of amides is 3. The van der Waals surface area contributed by atoms with E-state index in [0.29, 0.717) is 41.2 Å². The normalized spacial score (nSPS) is 18.4. The maximum absolute atomic E-state index is 14.5. The molecule has 3 amide bonds. The summed E-state index contributed by atoms with van der Waals surface area (Å²) in [4.78, 5) is 42.8. The fraction of sp³-hybridized carbons (Fsp3) is 0.333. The number of carbonyl (C=O) groups excluding carboxylic acids is 3. The van der Waals surface area contributed by atoms with Crippen LogP contribution in [0.15, 0.2) is 78.9 Å². The van der Waals surface area contributed by atoms with Crippen LogP contribution in [-0.2, 0) is 21.2 Å². The molecule has 256 valence electrons. The van der Waals surface area contributed by atoms with Gasteiger partial charge in [-0.15, -0.1) is 0 Å². The van der Waals surface area contributed by atoms with Crippen molar-refractivity contribution in [1.29, 1.82) is 0 Å². The lowest BCUT2D eigenvalue weighted by Crippen LogP contribution is -2.55. The van der Waals surface area contributed by atoms with Crippen molar-refractivity contribution in [3.63, 3.8) is 0 Å². The molecule has 2 atom stereocenters. The number of para-hydroxylation sites is 1. The second-order valence-corrected chi connectivity index (χ2v) is 13.2. The highest BCUT2D eigenvalue weighted by Crippen LogP contribution is 2.53. The highest BCUT2D eigenvalue weighted by Gasteiger charge is 2.55. The number of halogens is 4. The average molecular weight is 678 g/mol. The number of aromatic nitrogens is 2. The van der Waals surface area contributed by atoms with Crippen LogP contribution in [0, 0.1) is 5.82 Å². The third kappa shape index (κ3) is 6.61. The number of benzene rings is 3. The number of hydrogen-bond donors (Lipinski definition) is 2. The first-order valence-corrected chi connectivity index (χ1v) is 15.9. The molecule has 49 heavy (non-hydrogen) atoms. The van der Waals surface area contributed by atoms with Gasteiger partial charge in [-0.3, -0.25) is 14.5 Å². The molecule has 0 radical (unpaired) electrons. The van der Waals surface area contributed by atoms with Gasteiger partial charge in [-0.25, -0.2) is 13.9 Å². The predicted octanol–water partition coefficient (Wildman–Crippen LogP) is 6.84. The lowest BCUT2D eigenvalue weighted by molar-refractivity contribution is -0.137. The topological polar surface area (TPSA) is 106 Å². The molecular weight excluding hydrogens is 642 g/mol. The van der Waals surface area contributed by atoms with Crippen molar-refractivity contribution < 1.29 is 36.7 Å². The summed E-state index contributed by atoms with van der Waals surface area (Å²) in [5.74, 6) is -2.56. The zero-order valence-corrected chi connectivity index (χ0v) is 27.3. The number of alkyl carbamates (subject to hydrolysis) is 1. The van der Waals surface area contributed by atoms with Crippen molar-refractivity contribution in [2.75, 3.05) is 11.4 Å². The van der Waals surface area contributed by atoms with Gasteiger partial charge in [-0.2, -0.15) is 18.3 Å². The molecule has 1 aromatic heterocycles. The minimum Gasteiger partial charge on any atom is -0.444 e. The molecule has 1 aliphatic heterocycles. The molecule has 0 saturated heterocycles. The van der Waals surface area contributed by atoms with Crippen molar-refractivity contribution in [3.05, 3.63) is 113 Å². The number of hydrogen-bond acceptors (Lipinski definition) is 5. The standard InChI is InChI=1S/C36H35F4N5O4/c1-5-44-31-27(29(43-45(31)25-12-7-6-8-13-25)35(18-19-35)42-33(48)49-34(2,3)4)26(21-14-16-24(37)17-15-21)28(32(44)47)41-30(46)22-10-9-11-23(20-22)36(38,39)40/h6-17,20,26,28H,5,18-19H2,1-4H3,(H,41,46)(H,42,48)/t26-,28+/m0/s1. The summed E-state index contributed by atoms with van der Waals surface area (Å²) >= 11 is 0. The Labute approximate surface area is 280 Å². The van der Waals surface area contributed by atoms with Crippen LogP contribution in [0.1, 0.15) is 79.2 Å². The monoisotopic (exact) mass is 677 g/mol. The van der Waals surface area contributed by atoms with Crippen LogP contribution in [0.25, 0.3) is 5.69 Å². The maximum atomic E-state index is 14.5. The number of nitrogens with one attached hydrogen (secondary N) is 2. The van der Waals surface area contributed by atoms with E-state index < -0.39 is 58.6 Å². The maximum Gasteiger partial charge on any atom is 0.416 e. The van der Waals surface area contributed by atoms with Crippen LogP contribution in [0.3, 0.4) is 0 Å². The fourth-order valence-electron chi connectivity index (χ4n) is 6.24. The number of ether oxygens (including phenoxy) is 1. The van der Waals surface area contributed by atoms with Crippen LogP contribution < -0.4 is 15.5 Å². The Morgan fingerprint density at radius 1 is 0.980 bits per heavy atom. The summed E-state index contributed by atoms with van der Waals surface area (Å²) in [5, 5.41) is 10.7. The number of anilines is 1. The van der Waals surface area contributed by atoms with Gasteiger partial charge in [0.2, 0.25) is 0 Å². The van der Waals surface area contributed by atoms with Gasteiger partial charge in [0.05, 0.1) is 22.5 Å². The lowest BCUT2D eigenvalue weighted by atomic mass is 9.79. The Morgan fingerprint density at radius 2 is 1.65 bits per heavy atom. The molecule has 0 spiro atoms. The highest BCUT2D eigenvalue weighted by atomic mass is 19.4. The molecule has 1 fully saturated rings. The number of rotatable bonds is 7. The minimum absolute atomic E-state index is 0.141. The Balaban J connectivity index is 1.55. The van der Waals surface area contributed by atoms with Gasteiger partial charge in [-0.1, -0.05) is 36.4 Å². The first kappa shape index (κ1) is 33.7. The zero-order valence-electron chi connectivity index (χ0n) is 27.3. The van der Waals surface area contributed by atoms with Crippen LogP contribution in [0.2, 0.25) is 0 Å². The van der Waals surface area contributed by atoms with Crippen molar-refractivity contribution in [3.8, 4) is 5.69 Å². The molecule has 1 saturated carbocycles. The summed E-state index contributed by atoms with van der Waals surface area (Å²) in [7, 11) is 0. The van der Waals surface area contributed by atoms with E-state index in [1.807, 2.05) is 30.3 Å². The van der Waals surface area contributed by atoms with Gasteiger partial charge in [0.1, 0.15) is 23.3 Å². The molecule has 3 aromatic carbocycles. The third-order valence-electron chi connectivity index (χ3n) is 8.56. The van der Waals surface area contributed by atoms with Gasteiger partial charge in [0.15, 0.2) is 0 Å². The van der Waals surface area contributed by atoms with E-state index >= 15 is 0 Å². The van der Waals surface area contributed by atoms with Gasteiger partial charge in [0.25, 0.3) is 11.8 Å². The quantitative estimate of drug-likeness (QED) is 0.209. The first-order valence-electron chi connectivity index (χ1n) is 15.9. The molecule has 0 unspecified atom stereocenters. The van der Waals surface area contributed by atoms with E-state index in [0.717, 1.165) is 18.2 Å². The number of carbonyl (C=O) groups is 3. The van der Waals surface area contributed by atoms with E-state index in [-0.39, 0.29) is 12.1 Å². The number of fused-ring (bicyclic) bond motifs is 1. The smallest absolute Gasteiger partial charge is 0.416 e. The summed E-state index contributed by atoms with van der Waals surface area (Å²) in [6.45, 7) is 7.11. The largest absolute Gasteiger partial charge is 0.444 e. The van der Waals surface area contributed by atoms with E-state index in [1.165, 1.54) is 35.2 Å². The van der Waals surface area contributed by atoms with E-state index in [1.54, 1.807) is 32.4 Å². The van der Waals surface area contributed by atoms with Crippen molar-refractivity contribution in [2.24, 2.45) is 0 Å². The molecule has 13 heteroatoms. The van der Waals surface area contributed by atoms with Crippen LogP contribution in [0.5, 0.6) is 0 Å². The van der Waals surface area contributed by atoms with Crippen molar-refractivity contribution in [2.45, 2.75) is 69.8 Å². The summed E-state index contributed by atoms with van der Waals surface area (Å²) < 4.78 is 62.1. The SMILES string of the molecule is CCN1C(=O)[C@H](NC(=O)c2cccc(C(F)(F)F)c2)[C@@H](c2ccc(F)cc2)c2c(C3(NC(=O)OC(C)(C)C)CC3)nn(-c3ccccc3)c21. The average Bonchev–Trinajstić information content (AvgIpc) is 3.71. The van der Waals surface area contributed by atoms with Gasteiger partial charge in [-0.05, 0) is 88.6 Å². The van der Waals surface area contributed by atoms with E-state index in [2.05, 4.69) is 10.6 Å². The molecular formula is C36H35F4N5O4. The van der Waals surface area contributed by atoms with Crippen molar-refractivity contribution in [1.82, 2.24) is 20.4 Å². The van der Waals surface area contributed by atoms with Gasteiger partial charge >= 0.3 is 12.3 Å². The first-order chi connectivity index (χ1) is 23.1. The highest BCUT2D eigenvalue weighted by molar-refractivity contribution is 6.05. The second kappa shape index (κ2) is 12.4. The molecule has 2 heterocycles. The van der Waals surface area contributed by atoms with Gasteiger partial charge < -0.3 is 15.4 Å². The molecule has 1 aliphatic carbocycles. The summed E-state index contributed by atoms with van der Waals surface area (Å²) in [6, 6.07) is 17.1. The molecule has 2 aliphatic rings. The number of nitrogens with zero attached hydrogens (tertiary/aromatic N) is 3. The number of likely N-dealkylation sites (N-methyl/N-ethyl adjacent to an activating group) is 1. The third-order valence-corrected chi connectivity index (χ3v) is 8.56. The fourth-order valence-corrected chi connectivity index (χ4v) is 6.24. The molecule has 9 nitrogen and oxygen atoms in total. The van der Waals surface area contributed by atoms with Crippen molar-refractivity contribution >= 4 is 23.7 Å². The molecule has 0 bridgehead atoms. The molecule has 4 aromatic rings. The summed E-state index contributed by atoms with van der Waals surface area (Å²) in [6.07, 6.45) is -4.38. The summed E-state index contributed by atoms with van der Waals surface area (Å²) in [5.41, 5.74) is -1.10. The minimum atomic E-state index is -4.69. The molecule has 2 N–H and O–H groups in total. The Morgan fingerprint density at radius 3 is 2.24 bits per heavy atom. The predicted molar refractivity (Wildman–Crippen MR) is 173 cm³/mol. The zero-order chi connectivity index (χ0) is 35.3. The van der Waals surface area contributed by atoms with Crippen LogP contribution >= 0.6 is 0 Å². The van der Waals surface area contributed by atoms with E-state index in [4.69, 9.17) is 9.84 Å². The van der Waals surface area contributed by atoms with Gasteiger partial charge in [0, 0.05) is 23.6 Å². The van der Waals surface area contributed by atoms with Crippen LogP contribution in [0.4, 0.5) is 28.2 Å². The Kier molecular flexibility index (Phi) is 8.49. The Hall–Kier alpha value is -5.20.